The standard InChI is InChI=1S/C17H22N4OS/c1-11(2)21-9-7-13(10-21)20-16(22)15-12(3)19-17(23-15)14-6-4-5-8-18-14/h4-6,8,11,13H,7,9-10H2,1-3H3,(H,20,22). The number of thiazole rings is 1. The van der Waals surface area contributed by atoms with E-state index in [9.17, 15) is 4.79 Å². The minimum Gasteiger partial charge on any atom is -0.347 e. The predicted octanol–water partition coefficient (Wildman–Crippen LogP) is 2.73. The van der Waals surface area contributed by atoms with Crippen LogP contribution < -0.4 is 5.32 Å². The molecule has 0 spiro atoms. The van der Waals surface area contributed by atoms with Crippen LogP contribution in [0.4, 0.5) is 0 Å². The van der Waals surface area contributed by atoms with Crippen molar-refractivity contribution in [3.05, 3.63) is 35.0 Å². The smallest absolute Gasteiger partial charge is 0.263 e. The number of aromatic nitrogens is 2. The van der Waals surface area contributed by atoms with Crippen LogP contribution in [-0.4, -0.2) is 45.9 Å². The van der Waals surface area contributed by atoms with Gasteiger partial charge in [0.05, 0.1) is 11.4 Å². The summed E-state index contributed by atoms with van der Waals surface area (Å²) in [5, 5.41) is 3.95. The van der Waals surface area contributed by atoms with Crippen LogP contribution in [0.3, 0.4) is 0 Å². The highest BCUT2D eigenvalue weighted by Gasteiger charge is 2.27. The summed E-state index contributed by atoms with van der Waals surface area (Å²) in [5.74, 6) is -0.0159. The molecule has 1 aliphatic rings. The number of carbonyl (C=O) groups excluding carboxylic acids is 1. The number of nitrogens with one attached hydrogen (secondary N) is 1. The lowest BCUT2D eigenvalue weighted by molar-refractivity contribution is 0.0940. The number of nitrogens with zero attached hydrogens (tertiary/aromatic N) is 3. The average molecular weight is 330 g/mol. The van der Waals surface area contributed by atoms with E-state index in [1.807, 2.05) is 25.1 Å². The maximum Gasteiger partial charge on any atom is 0.263 e. The van der Waals surface area contributed by atoms with Crippen LogP contribution in [-0.2, 0) is 0 Å². The Morgan fingerprint density at radius 2 is 2.26 bits per heavy atom. The van der Waals surface area contributed by atoms with Crippen molar-refractivity contribution in [1.29, 1.82) is 0 Å². The van der Waals surface area contributed by atoms with Crippen molar-refractivity contribution in [1.82, 2.24) is 20.2 Å². The van der Waals surface area contributed by atoms with Crippen LogP contribution in [0.15, 0.2) is 24.4 Å². The first kappa shape index (κ1) is 16.1. The molecule has 1 saturated heterocycles. The van der Waals surface area contributed by atoms with E-state index in [4.69, 9.17) is 0 Å². The predicted molar refractivity (Wildman–Crippen MR) is 92.7 cm³/mol. The fraction of sp³-hybridized carbons (Fsp3) is 0.471. The van der Waals surface area contributed by atoms with Crippen molar-refractivity contribution in [2.75, 3.05) is 13.1 Å². The highest BCUT2D eigenvalue weighted by molar-refractivity contribution is 7.17. The molecule has 1 aliphatic heterocycles. The van der Waals surface area contributed by atoms with Gasteiger partial charge in [-0.25, -0.2) is 4.98 Å². The number of hydrogen-bond acceptors (Lipinski definition) is 5. The lowest BCUT2D eigenvalue weighted by atomic mass is 10.2. The van der Waals surface area contributed by atoms with E-state index >= 15 is 0 Å². The van der Waals surface area contributed by atoms with Crippen molar-refractivity contribution >= 4 is 17.2 Å². The van der Waals surface area contributed by atoms with Gasteiger partial charge in [-0.3, -0.25) is 14.7 Å². The van der Waals surface area contributed by atoms with Crippen LogP contribution in [0.2, 0.25) is 0 Å². The van der Waals surface area contributed by atoms with Gasteiger partial charge in [0.15, 0.2) is 0 Å². The molecule has 0 saturated carbocycles. The van der Waals surface area contributed by atoms with E-state index in [0.717, 1.165) is 35.9 Å². The number of amides is 1. The molecule has 0 aliphatic carbocycles. The summed E-state index contributed by atoms with van der Waals surface area (Å²) >= 11 is 1.41. The SMILES string of the molecule is Cc1nc(-c2ccccn2)sc1C(=O)NC1CCN(C(C)C)C1. The molecule has 3 rings (SSSR count). The van der Waals surface area contributed by atoms with Crippen molar-refractivity contribution in [3.8, 4) is 10.7 Å². The number of rotatable bonds is 4. The second-order valence-electron chi connectivity index (χ2n) is 6.20. The van der Waals surface area contributed by atoms with Gasteiger partial charge in [0.25, 0.3) is 5.91 Å². The van der Waals surface area contributed by atoms with Crippen LogP contribution in [0, 0.1) is 6.92 Å². The van der Waals surface area contributed by atoms with Crippen molar-refractivity contribution in [2.45, 2.75) is 39.3 Å². The minimum absolute atomic E-state index is 0.0159. The normalized spacial score (nSPS) is 18.5. The molecule has 2 aromatic rings. The molecule has 3 heterocycles. The van der Waals surface area contributed by atoms with E-state index in [-0.39, 0.29) is 11.9 Å². The molecule has 1 unspecified atom stereocenters. The second kappa shape index (κ2) is 6.76. The number of likely N-dealkylation sites (tertiary alicyclic amines) is 1. The molecule has 23 heavy (non-hydrogen) atoms. The summed E-state index contributed by atoms with van der Waals surface area (Å²) < 4.78 is 0. The van der Waals surface area contributed by atoms with Gasteiger partial charge in [-0.15, -0.1) is 11.3 Å². The first-order valence-corrected chi connectivity index (χ1v) is 8.80. The summed E-state index contributed by atoms with van der Waals surface area (Å²) in [4.78, 5) is 24.5. The molecule has 0 aromatic carbocycles. The number of aryl methyl sites for hydroxylation is 1. The van der Waals surface area contributed by atoms with E-state index in [1.165, 1.54) is 11.3 Å². The molecule has 0 radical (unpaired) electrons. The number of carbonyl (C=O) groups is 1. The summed E-state index contributed by atoms with van der Waals surface area (Å²) in [6.07, 6.45) is 2.75. The Hall–Kier alpha value is -1.79. The summed E-state index contributed by atoms with van der Waals surface area (Å²) in [5.41, 5.74) is 1.58. The van der Waals surface area contributed by atoms with Gasteiger partial charge >= 0.3 is 0 Å². The fourth-order valence-electron chi connectivity index (χ4n) is 2.83. The molecule has 2 aromatic heterocycles. The molecule has 6 heteroatoms. The zero-order chi connectivity index (χ0) is 16.4. The lowest BCUT2D eigenvalue weighted by Gasteiger charge is -2.20. The third-order valence-electron chi connectivity index (χ3n) is 4.17. The minimum atomic E-state index is -0.0159. The van der Waals surface area contributed by atoms with Crippen molar-refractivity contribution in [2.24, 2.45) is 0 Å². The molecule has 1 fully saturated rings. The Labute approximate surface area is 140 Å². The zero-order valence-electron chi connectivity index (χ0n) is 13.7. The zero-order valence-corrected chi connectivity index (χ0v) is 14.6. The molecule has 5 nitrogen and oxygen atoms in total. The Morgan fingerprint density at radius 3 is 2.91 bits per heavy atom. The first-order chi connectivity index (χ1) is 11.0. The monoisotopic (exact) mass is 330 g/mol. The largest absolute Gasteiger partial charge is 0.347 e. The quantitative estimate of drug-likeness (QED) is 0.936. The average Bonchev–Trinajstić information content (AvgIpc) is 3.15. The molecule has 0 bridgehead atoms. The van der Waals surface area contributed by atoms with Gasteiger partial charge < -0.3 is 5.32 Å². The Bertz CT molecular complexity index is 683. The summed E-state index contributed by atoms with van der Waals surface area (Å²) in [6.45, 7) is 8.23. The third-order valence-corrected chi connectivity index (χ3v) is 5.35. The molecular formula is C17H22N4OS. The maximum absolute atomic E-state index is 12.6. The fourth-order valence-corrected chi connectivity index (χ4v) is 3.78. The van der Waals surface area contributed by atoms with Gasteiger partial charge in [-0.05, 0) is 39.3 Å². The van der Waals surface area contributed by atoms with Crippen LogP contribution >= 0.6 is 11.3 Å². The second-order valence-corrected chi connectivity index (χ2v) is 7.20. The number of hydrogen-bond donors (Lipinski definition) is 1. The molecule has 1 N–H and O–H groups in total. The van der Waals surface area contributed by atoms with Crippen LogP contribution in [0.5, 0.6) is 0 Å². The lowest BCUT2D eigenvalue weighted by Crippen LogP contribution is -2.38. The van der Waals surface area contributed by atoms with Gasteiger partial charge in [-0.2, -0.15) is 0 Å². The first-order valence-electron chi connectivity index (χ1n) is 7.98. The third kappa shape index (κ3) is 3.59. The molecule has 1 atom stereocenters. The van der Waals surface area contributed by atoms with Gasteiger partial charge in [0, 0.05) is 31.4 Å². The Morgan fingerprint density at radius 1 is 1.43 bits per heavy atom. The van der Waals surface area contributed by atoms with Crippen molar-refractivity contribution in [3.63, 3.8) is 0 Å². The summed E-state index contributed by atoms with van der Waals surface area (Å²) in [7, 11) is 0. The topological polar surface area (TPSA) is 58.1 Å². The molecule has 122 valence electrons. The van der Waals surface area contributed by atoms with Crippen LogP contribution in [0.25, 0.3) is 10.7 Å². The Kier molecular flexibility index (Phi) is 4.73. The van der Waals surface area contributed by atoms with Gasteiger partial charge in [0.1, 0.15) is 9.88 Å². The number of pyridine rings is 1. The van der Waals surface area contributed by atoms with Gasteiger partial charge in [-0.1, -0.05) is 6.07 Å². The van der Waals surface area contributed by atoms with Crippen molar-refractivity contribution < 1.29 is 4.79 Å². The maximum atomic E-state index is 12.6. The van der Waals surface area contributed by atoms with Gasteiger partial charge in [0.2, 0.25) is 0 Å². The molecular weight excluding hydrogens is 308 g/mol. The van der Waals surface area contributed by atoms with E-state index in [0.29, 0.717) is 10.9 Å². The molecule has 1 amide bonds. The van der Waals surface area contributed by atoms with E-state index in [2.05, 4.69) is 34.0 Å². The Balaban J connectivity index is 1.70. The summed E-state index contributed by atoms with van der Waals surface area (Å²) in [6, 6.07) is 6.47. The van der Waals surface area contributed by atoms with E-state index < -0.39 is 0 Å². The highest BCUT2D eigenvalue weighted by atomic mass is 32.1. The van der Waals surface area contributed by atoms with Crippen LogP contribution in [0.1, 0.15) is 35.6 Å². The highest BCUT2D eigenvalue weighted by Crippen LogP contribution is 2.26. The van der Waals surface area contributed by atoms with E-state index in [1.54, 1.807) is 6.20 Å².